The number of hydrogen-bond acceptors (Lipinski definition) is 7. The Morgan fingerprint density at radius 3 is 2.50 bits per heavy atom. The lowest BCUT2D eigenvalue weighted by atomic mass is 9.97. The number of aryl methyl sites for hydroxylation is 2. The van der Waals surface area contributed by atoms with E-state index in [9.17, 15) is 14.4 Å². The van der Waals surface area contributed by atoms with Crippen molar-refractivity contribution in [2.24, 2.45) is 4.99 Å². The van der Waals surface area contributed by atoms with Crippen LogP contribution in [-0.4, -0.2) is 48.4 Å². The van der Waals surface area contributed by atoms with Gasteiger partial charge in [-0.1, -0.05) is 6.07 Å². The first-order chi connectivity index (χ1) is 16.9. The molecule has 2 atom stereocenters. The molecular formula is C25H32N8O3. The van der Waals surface area contributed by atoms with Crippen LogP contribution in [0.3, 0.4) is 0 Å². The highest BCUT2D eigenvalue weighted by molar-refractivity contribution is 5.92. The number of rotatable bonds is 8. The van der Waals surface area contributed by atoms with Gasteiger partial charge in [-0.3, -0.25) is 19.4 Å². The van der Waals surface area contributed by atoms with Crippen LogP contribution in [0.25, 0.3) is 0 Å². The monoisotopic (exact) mass is 492 g/mol. The molecule has 3 aromatic heterocycles. The van der Waals surface area contributed by atoms with E-state index in [1.807, 2.05) is 45.9 Å². The average molecular weight is 493 g/mol. The average Bonchev–Trinajstić information content (AvgIpc) is 3.18. The third-order valence-electron chi connectivity index (χ3n) is 5.48. The van der Waals surface area contributed by atoms with Crippen molar-refractivity contribution in [1.82, 2.24) is 29.6 Å². The Kier molecular flexibility index (Phi) is 7.81. The molecule has 190 valence electrons. The van der Waals surface area contributed by atoms with E-state index in [4.69, 9.17) is 0 Å². The number of nitrogens with zero attached hydrogens (tertiary/aromatic N) is 6. The van der Waals surface area contributed by atoms with Gasteiger partial charge in [0.05, 0.1) is 40.9 Å². The van der Waals surface area contributed by atoms with Crippen LogP contribution >= 0.6 is 0 Å². The number of carbonyl (C=O) groups excluding carboxylic acids is 2. The van der Waals surface area contributed by atoms with Gasteiger partial charge >= 0.3 is 5.56 Å². The lowest BCUT2D eigenvalue weighted by Crippen LogP contribution is -2.42. The van der Waals surface area contributed by atoms with E-state index >= 15 is 0 Å². The van der Waals surface area contributed by atoms with Gasteiger partial charge in [0.15, 0.2) is 5.82 Å². The van der Waals surface area contributed by atoms with Crippen molar-refractivity contribution >= 4 is 24.3 Å². The molecule has 0 aromatic carbocycles. The van der Waals surface area contributed by atoms with Gasteiger partial charge in [0.1, 0.15) is 6.33 Å². The van der Waals surface area contributed by atoms with Crippen molar-refractivity contribution in [3.63, 3.8) is 0 Å². The fourth-order valence-corrected chi connectivity index (χ4v) is 3.88. The Balaban J connectivity index is 2.06. The summed E-state index contributed by atoms with van der Waals surface area (Å²) in [6.07, 6.45) is 4.48. The lowest BCUT2D eigenvalue weighted by molar-refractivity contribution is -0.127. The van der Waals surface area contributed by atoms with Gasteiger partial charge in [0, 0.05) is 18.2 Å². The van der Waals surface area contributed by atoms with Crippen LogP contribution in [0.4, 0.5) is 5.82 Å². The summed E-state index contributed by atoms with van der Waals surface area (Å²) >= 11 is 0. The summed E-state index contributed by atoms with van der Waals surface area (Å²) in [4.78, 5) is 55.6. The SMILES string of the molecule is C=NC(=O)C(CC(=O)NC(C)(C)C)c1c(C)ncn1-n1c(C)cnc(NC(C)c2ccccn2)c1=O. The van der Waals surface area contributed by atoms with E-state index in [1.54, 1.807) is 26.2 Å². The summed E-state index contributed by atoms with van der Waals surface area (Å²) in [5.41, 5.74) is 1.18. The van der Waals surface area contributed by atoms with Crippen molar-refractivity contribution < 1.29 is 9.59 Å². The highest BCUT2D eigenvalue weighted by atomic mass is 16.2. The maximum Gasteiger partial charge on any atom is 0.312 e. The number of pyridine rings is 1. The van der Waals surface area contributed by atoms with Crippen LogP contribution in [0, 0.1) is 13.8 Å². The normalized spacial score (nSPS) is 13.1. The molecule has 0 bridgehead atoms. The smallest absolute Gasteiger partial charge is 0.312 e. The maximum atomic E-state index is 13.6. The minimum Gasteiger partial charge on any atom is -0.357 e. The minimum atomic E-state index is -0.990. The summed E-state index contributed by atoms with van der Waals surface area (Å²) in [6.45, 7) is 14.2. The first kappa shape index (κ1) is 26.5. The van der Waals surface area contributed by atoms with E-state index < -0.39 is 22.9 Å². The van der Waals surface area contributed by atoms with Crippen LogP contribution in [0.2, 0.25) is 0 Å². The second kappa shape index (κ2) is 10.6. The molecule has 2 amide bonds. The number of aromatic nitrogens is 5. The van der Waals surface area contributed by atoms with Crippen LogP contribution in [-0.2, 0) is 9.59 Å². The molecule has 11 nitrogen and oxygen atoms in total. The number of aliphatic imine (C=N–C) groups is 1. The Bertz CT molecular complexity index is 1320. The Morgan fingerprint density at radius 1 is 1.17 bits per heavy atom. The standard InChI is InChI=1S/C25H32N8O3/c1-15-13-28-22(30-16(2)19-10-8-9-11-27-19)24(36)33(15)32-14-29-17(3)21(32)18(23(35)26-7)12-20(34)31-25(4,5)6/h8-11,13-14,16,18H,7,12H2,1-6H3,(H,28,30)(H,31,34). The molecule has 0 saturated carbocycles. The summed E-state index contributed by atoms with van der Waals surface area (Å²) < 4.78 is 2.84. The van der Waals surface area contributed by atoms with Gasteiger partial charge in [-0.05, 0) is 60.4 Å². The van der Waals surface area contributed by atoms with E-state index in [2.05, 4.69) is 37.3 Å². The van der Waals surface area contributed by atoms with Crippen LogP contribution in [0.5, 0.6) is 0 Å². The van der Waals surface area contributed by atoms with Crippen molar-refractivity contribution in [1.29, 1.82) is 0 Å². The molecular weight excluding hydrogens is 460 g/mol. The van der Waals surface area contributed by atoms with Crippen LogP contribution in [0.1, 0.15) is 68.9 Å². The number of anilines is 1. The van der Waals surface area contributed by atoms with Crippen LogP contribution in [0.15, 0.2) is 46.7 Å². The highest BCUT2D eigenvalue weighted by Crippen LogP contribution is 2.25. The fourth-order valence-electron chi connectivity index (χ4n) is 3.88. The zero-order chi connectivity index (χ0) is 26.6. The summed E-state index contributed by atoms with van der Waals surface area (Å²) in [6, 6.07) is 5.24. The number of amides is 2. The number of imidazole rings is 1. The first-order valence-corrected chi connectivity index (χ1v) is 11.5. The second-order valence-corrected chi connectivity index (χ2v) is 9.60. The molecule has 0 radical (unpaired) electrons. The molecule has 0 saturated heterocycles. The van der Waals surface area contributed by atoms with Gasteiger partial charge in [-0.15, -0.1) is 0 Å². The lowest BCUT2D eigenvalue weighted by Gasteiger charge is -2.23. The molecule has 0 aliphatic carbocycles. The summed E-state index contributed by atoms with van der Waals surface area (Å²) in [5.74, 6) is -1.81. The molecule has 36 heavy (non-hydrogen) atoms. The summed E-state index contributed by atoms with van der Waals surface area (Å²) in [5, 5.41) is 5.97. The molecule has 2 unspecified atom stereocenters. The zero-order valence-corrected chi connectivity index (χ0v) is 21.4. The van der Waals surface area contributed by atoms with Gasteiger partial charge in [0.2, 0.25) is 5.91 Å². The summed E-state index contributed by atoms with van der Waals surface area (Å²) in [7, 11) is 0. The molecule has 11 heteroatoms. The van der Waals surface area contributed by atoms with Gasteiger partial charge in [0.25, 0.3) is 5.91 Å². The fraction of sp³-hybridized carbons (Fsp3) is 0.400. The van der Waals surface area contributed by atoms with Gasteiger partial charge < -0.3 is 10.6 Å². The van der Waals surface area contributed by atoms with Crippen molar-refractivity contribution in [2.75, 3.05) is 5.32 Å². The van der Waals surface area contributed by atoms with E-state index in [0.29, 0.717) is 17.1 Å². The van der Waals surface area contributed by atoms with E-state index in [-0.39, 0.29) is 24.2 Å². The quantitative estimate of drug-likeness (QED) is 0.461. The van der Waals surface area contributed by atoms with Gasteiger partial charge in [-0.25, -0.2) is 24.3 Å². The van der Waals surface area contributed by atoms with E-state index in [1.165, 1.54) is 15.7 Å². The predicted molar refractivity (Wildman–Crippen MR) is 137 cm³/mol. The Labute approximate surface area is 209 Å². The zero-order valence-electron chi connectivity index (χ0n) is 21.4. The molecule has 3 heterocycles. The van der Waals surface area contributed by atoms with Crippen molar-refractivity contribution in [2.45, 2.75) is 65.5 Å². The largest absolute Gasteiger partial charge is 0.357 e. The van der Waals surface area contributed by atoms with E-state index in [0.717, 1.165) is 5.69 Å². The highest BCUT2D eigenvalue weighted by Gasteiger charge is 2.31. The third kappa shape index (κ3) is 5.91. The predicted octanol–water partition coefficient (Wildman–Crippen LogP) is 2.55. The van der Waals surface area contributed by atoms with Crippen LogP contribution < -0.4 is 16.2 Å². The molecule has 0 aliphatic rings. The third-order valence-corrected chi connectivity index (χ3v) is 5.48. The molecule has 3 aromatic rings. The maximum absolute atomic E-state index is 13.6. The molecule has 2 N–H and O–H groups in total. The molecule has 0 fully saturated rings. The number of nitrogens with one attached hydrogen (secondary N) is 2. The number of hydrogen-bond donors (Lipinski definition) is 2. The molecule has 3 rings (SSSR count). The topological polar surface area (TPSA) is 136 Å². The van der Waals surface area contributed by atoms with Crippen molar-refractivity contribution in [3.8, 4) is 0 Å². The Morgan fingerprint density at radius 2 is 1.89 bits per heavy atom. The van der Waals surface area contributed by atoms with Gasteiger partial charge in [-0.2, -0.15) is 0 Å². The molecule has 0 spiro atoms. The Hall–Kier alpha value is -4.15. The number of carbonyl (C=O) groups is 2. The first-order valence-electron chi connectivity index (χ1n) is 11.5. The minimum absolute atomic E-state index is 0.103. The van der Waals surface area contributed by atoms with Crippen molar-refractivity contribution in [3.05, 3.63) is 70.0 Å². The second-order valence-electron chi connectivity index (χ2n) is 9.60. The molecule has 0 aliphatic heterocycles.